The minimum absolute atomic E-state index is 0.108. The number of para-hydroxylation sites is 1. The van der Waals surface area contributed by atoms with Crippen molar-refractivity contribution in [2.45, 2.75) is 19.6 Å². The van der Waals surface area contributed by atoms with Crippen LogP contribution in [0.3, 0.4) is 0 Å². The summed E-state index contributed by atoms with van der Waals surface area (Å²) in [6.07, 6.45) is -0.972. The van der Waals surface area contributed by atoms with Gasteiger partial charge in [-0.3, -0.25) is 4.79 Å². The quantitative estimate of drug-likeness (QED) is 0.591. The smallest absolute Gasteiger partial charge is 0.338 e. The van der Waals surface area contributed by atoms with Crippen molar-refractivity contribution in [2.24, 2.45) is 0 Å². The Balaban J connectivity index is 1.54. The number of anilines is 1. The fourth-order valence-electron chi connectivity index (χ4n) is 2.50. The largest absolute Gasteiger partial charge is 0.457 e. The molecule has 0 spiro atoms. The maximum absolute atomic E-state index is 12.3. The summed E-state index contributed by atoms with van der Waals surface area (Å²) in [5.41, 5.74) is 1.56. The molecule has 3 aromatic carbocycles. The molecule has 6 nitrogen and oxygen atoms in total. The molecule has 2 N–H and O–H groups in total. The molecule has 0 aliphatic carbocycles. The molecule has 6 heteroatoms. The Labute approximate surface area is 168 Å². The molecular weight excluding hydrogens is 370 g/mol. The van der Waals surface area contributed by atoms with E-state index < -0.39 is 18.0 Å². The SMILES string of the molecule is CC(OC(=O)c1ccc(CO)cc1)C(=O)Nc1ccc(Oc2ccccc2)cc1. The average molecular weight is 391 g/mol. The van der Waals surface area contributed by atoms with Gasteiger partial charge < -0.3 is 19.9 Å². The highest BCUT2D eigenvalue weighted by Gasteiger charge is 2.19. The zero-order chi connectivity index (χ0) is 20.6. The van der Waals surface area contributed by atoms with Crippen molar-refractivity contribution in [1.82, 2.24) is 0 Å². The van der Waals surface area contributed by atoms with Gasteiger partial charge >= 0.3 is 5.97 Å². The second kappa shape index (κ2) is 9.52. The van der Waals surface area contributed by atoms with Crippen LogP contribution in [0.2, 0.25) is 0 Å². The minimum Gasteiger partial charge on any atom is -0.457 e. The van der Waals surface area contributed by atoms with Gasteiger partial charge in [-0.25, -0.2) is 4.79 Å². The van der Waals surface area contributed by atoms with Crippen molar-refractivity contribution in [3.05, 3.63) is 90.0 Å². The third-order valence-corrected chi connectivity index (χ3v) is 4.13. The van der Waals surface area contributed by atoms with Crippen LogP contribution >= 0.6 is 0 Å². The Morgan fingerprint density at radius 2 is 1.52 bits per heavy atom. The summed E-state index contributed by atoms with van der Waals surface area (Å²) in [5.74, 6) is 0.308. The number of hydrogen-bond acceptors (Lipinski definition) is 5. The lowest BCUT2D eigenvalue weighted by molar-refractivity contribution is -0.123. The minimum atomic E-state index is -0.972. The number of aliphatic hydroxyl groups excluding tert-OH is 1. The summed E-state index contributed by atoms with van der Waals surface area (Å²) in [4.78, 5) is 24.5. The summed E-state index contributed by atoms with van der Waals surface area (Å²) < 4.78 is 10.9. The van der Waals surface area contributed by atoms with Crippen LogP contribution < -0.4 is 10.1 Å². The Morgan fingerprint density at radius 3 is 2.14 bits per heavy atom. The first-order valence-electron chi connectivity index (χ1n) is 9.10. The first-order chi connectivity index (χ1) is 14.0. The van der Waals surface area contributed by atoms with Gasteiger partial charge in [0.25, 0.3) is 5.91 Å². The molecule has 0 saturated carbocycles. The van der Waals surface area contributed by atoms with Crippen LogP contribution in [-0.2, 0) is 16.1 Å². The Hall–Kier alpha value is -3.64. The summed E-state index contributed by atoms with van der Waals surface area (Å²) in [6.45, 7) is 1.39. The maximum Gasteiger partial charge on any atom is 0.338 e. The monoisotopic (exact) mass is 391 g/mol. The number of nitrogens with one attached hydrogen (secondary N) is 1. The van der Waals surface area contributed by atoms with Crippen molar-refractivity contribution in [2.75, 3.05) is 5.32 Å². The second-order valence-corrected chi connectivity index (χ2v) is 6.33. The summed E-state index contributed by atoms with van der Waals surface area (Å²) in [5, 5.41) is 11.7. The molecule has 29 heavy (non-hydrogen) atoms. The zero-order valence-corrected chi connectivity index (χ0v) is 15.9. The molecule has 0 aliphatic heterocycles. The number of carbonyl (C=O) groups is 2. The van der Waals surface area contributed by atoms with Crippen LogP contribution in [0.1, 0.15) is 22.8 Å². The van der Waals surface area contributed by atoms with Crippen molar-refractivity contribution in [3.8, 4) is 11.5 Å². The Kier molecular flexibility index (Phi) is 6.60. The number of carbonyl (C=O) groups excluding carboxylic acids is 2. The van der Waals surface area contributed by atoms with E-state index in [0.717, 1.165) is 5.75 Å². The molecule has 1 atom stereocenters. The molecule has 0 fully saturated rings. The molecule has 0 radical (unpaired) electrons. The first kappa shape index (κ1) is 20.1. The summed E-state index contributed by atoms with van der Waals surface area (Å²) >= 11 is 0. The van der Waals surface area contributed by atoms with Gasteiger partial charge in [0.15, 0.2) is 6.10 Å². The number of ether oxygens (including phenoxy) is 2. The lowest BCUT2D eigenvalue weighted by atomic mass is 10.1. The number of benzene rings is 3. The number of esters is 1. The van der Waals surface area contributed by atoms with Crippen LogP contribution in [-0.4, -0.2) is 23.1 Å². The van der Waals surface area contributed by atoms with Crippen LogP contribution in [0.5, 0.6) is 11.5 Å². The van der Waals surface area contributed by atoms with Gasteiger partial charge in [0, 0.05) is 5.69 Å². The number of hydrogen-bond donors (Lipinski definition) is 2. The van der Waals surface area contributed by atoms with Crippen LogP contribution in [0, 0.1) is 0 Å². The zero-order valence-electron chi connectivity index (χ0n) is 15.9. The van der Waals surface area contributed by atoms with Crippen LogP contribution in [0.15, 0.2) is 78.9 Å². The normalized spacial score (nSPS) is 11.4. The van der Waals surface area contributed by atoms with Crippen LogP contribution in [0.25, 0.3) is 0 Å². The van der Waals surface area contributed by atoms with Gasteiger partial charge in [0.2, 0.25) is 0 Å². The molecule has 148 valence electrons. The predicted molar refractivity (Wildman–Crippen MR) is 109 cm³/mol. The standard InChI is InChI=1S/C23H21NO5/c1-16(28-23(27)18-9-7-17(15-25)8-10-18)22(26)24-19-11-13-21(14-12-19)29-20-5-3-2-4-6-20/h2-14,16,25H,15H2,1H3,(H,24,26). The fourth-order valence-corrected chi connectivity index (χ4v) is 2.50. The van der Waals surface area contributed by atoms with E-state index in [9.17, 15) is 9.59 Å². The molecule has 0 saturated heterocycles. The molecule has 1 amide bonds. The highest BCUT2D eigenvalue weighted by atomic mass is 16.5. The van der Waals surface area contributed by atoms with E-state index >= 15 is 0 Å². The number of aliphatic hydroxyl groups is 1. The molecule has 3 rings (SSSR count). The highest BCUT2D eigenvalue weighted by Crippen LogP contribution is 2.22. The molecule has 3 aromatic rings. The number of amides is 1. The third-order valence-electron chi connectivity index (χ3n) is 4.13. The highest BCUT2D eigenvalue weighted by molar-refractivity contribution is 5.97. The lowest BCUT2D eigenvalue weighted by Crippen LogP contribution is -2.30. The lowest BCUT2D eigenvalue weighted by Gasteiger charge is -2.14. The van der Waals surface area contributed by atoms with Gasteiger partial charge in [-0.05, 0) is 61.0 Å². The summed E-state index contributed by atoms with van der Waals surface area (Å²) in [7, 11) is 0. The molecule has 1 unspecified atom stereocenters. The van der Waals surface area contributed by atoms with E-state index in [-0.39, 0.29) is 6.61 Å². The van der Waals surface area contributed by atoms with Crippen molar-refractivity contribution < 1.29 is 24.2 Å². The molecule has 0 bridgehead atoms. The van der Waals surface area contributed by atoms with Crippen molar-refractivity contribution in [3.63, 3.8) is 0 Å². The van der Waals surface area contributed by atoms with E-state index in [1.807, 2.05) is 30.3 Å². The fraction of sp³-hybridized carbons (Fsp3) is 0.130. The van der Waals surface area contributed by atoms with Gasteiger partial charge in [-0.15, -0.1) is 0 Å². The molecular formula is C23H21NO5. The van der Waals surface area contributed by atoms with E-state index in [1.54, 1.807) is 48.5 Å². The maximum atomic E-state index is 12.3. The number of rotatable bonds is 7. The van der Waals surface area contributed by atoms with Gasteiger partial charge in [-0.1, -0.05) is 30.3 Å². The first-order valence-corrected chi connectivity index (χ1v) is 9.10. The third kappa shape index (κ3) is 5.67. The Morgan fingerprint density at radius 1 is 0.897 bits per heavy atom. The van der Waals surface area contributed by atoms with Crippen molar-refractivity contribution in [1.29, 1.82) is 0 Å². The topological polar surface area (TPSA) is 84.9 Å². The van der Waals surface area contributed by atoms with E-state index in [0.29, 0.717) is 22.6 Å². The van der Waals surface area contributed by atoms with Gasteiger partial charge in [0.1, 0.15) is 11.5 Å². The summed E-state index contributed by atoms with van der Waals surface area (Å²) in [6, 6.07) is 22.6. The van der Waals surface area contributed by atoms with E-state index in [1.165, 1.54) is 6.92 Å². The van der Waals surface area contributed by atoms with Gasteiger partial charge in [-0.2, -0.15) is 0 Å². The Bertz CT molecular complexity index is 953. The molecule has 0 aromatic heterocycles. The van der Waals surface area contributed by atoms with E-state index in [4.69, 9.17) is 14.6 Å². The second-order valence-electron chi connectivity index (χ2n) is 6.33. The predicted octanol–water partition coefficient (Wildman–Crippen LogP) is 4.16. The van der Waals surface area contributed by atoms with E-state index in [2.05, 4.69) is 5.32 Å². The molecule has 0 heterocycles. The average Bonchev–Trinajstić information content (AvgIpc) is 2.75. The van der Waals surface area contributed by atoms with Crippen LogP contribution in [0.4, 0.5) is 5.69 Å². The molecule has 0 aliphatic rings. The van der Waals surface area contributed by atoms with Crippen molar-refractivity contribution >= 4 is 17.6 Å². The van der Waals surface area contributed by atoms with Gasteiger partial charge in [0.05, 0.1) is 12.2 Å².